The molecule has 2 N–H and O–H groups in total. The van der Waals surface area contributed by atoms with Crippen LogP contribution < -0.4 is 5.73 Å². The molecular formula is C11H10Cl2N2. The van der Waals surface area contributed by atoms with E-state index in [1.807, 2.05) is 13.8 Å². The van der Waals surface area contributed by atoms with Crippen LogP contribution in [-0.4, -0.2) is 4.98 Å². The number of hydrogen-bond acceptors (Lipinski definition) is 2. The Morgan fingerprint density at radius 3 is 2.40 bits per heavy atom. The second-order valence-electron chi connectivity index (χ2n) is 3.49. The van der Waals surface area contributed by atoms with Crippen molar-refractivity contribution in [3.05, 3.63) is 33.4 Å². The summed E-state index contributed by atoms with van der Waals surface area (Å²) in [6.45, 7) is 3.83. The van der Waals surface area contributed by atoms with Gasteiger partial charge in [0.15, 0.2) is 0 Å². The van der Waals surface area contributed by atoms with E-state index in [0.717, 1.165) is 16.6 Å². The predicted octanol–water partition coefficient (Wildman–Crippen LogP) is 3.74. The molecule has 0 radical (unpaired) electrons. The number of aryl methyl sites for hydroxylation is 1. The van der Waals surface area contributed by atoms with Crippen molar-refractivity contribution in [3.63, 3.8) is 0 Å². The maximum Gasteiger partial charge on any atom is 0.0927 e. The summed E-state index contributed by atoms with van der Waals surface area (Å²) in [5.41, 5.74) is 9.16. The summed E-state index contributed by atoms with van der Waals surface area (Å²) in [5, 5.41) is 1.90. The summed E-state index contributed by atoms with van der Waals surface area (Å²) in [6, 6.07) is 3.46. The van der Waals surface area contributed by atoms with Crippen molar-refractivity contribution in [1.82, 2.24) is 4.98 Å². The molecule has 0 saturated carbocycles. The molecule has 2 aromatic rings. The standard InChI is InChI=1S/C11H10Cl2N2/c1-5-6(2)15-11-8(13)4-3-7(12)9(11)10(5)14/h3-4H,1-2H3,(H2,14,15). The van der Waals surface area contributed by atoms with Gasteiger partial charge in [-0.15, -0.1) is 0 Å². The molecule has 0 atom stereocenters. The topological polar surface area (TPSA) is 38.9 Å². The summed E-state index contributed by atoms with van der Waals surface area (Å²) >= 11 is 12.1. The van der Waals surface area contributed by atoms with Crippen LogP contribution in [0, 0.1) is 13.8 Å². The number of nitrogens with zero attached hydrogens (tertiary/aromatic N) is 1. The molecular weight excluding hydrogens is 231 g/mol. The number of aromatic nitrogens is 1. The van der Waals surface area contributed by atoms with Gasteiger partial charge in [-0.05, 0) is 31.5 Å². The first-order valence-corrected chi connectivity index (χ1v) is 5.28. The van der Waals surface area contributed by atoms with Crippen LogP contribution in [0.1, 0.15) is 11.3 Å². The maximum atomic E-state index is 6.08. The fraction of sp³-hybridized carbons (Fsp3) is 0.182. The lowest BCUT2D eigenvalue weighted by molar-refractivity contribution is 1.20. The molecule has 1 aromatic heterocycles. The van der Waals surface area contributed by atoms with Gasteiger partial charge < -0.3 is 5.73 Å². The zero-order chi connectivity index (χ0) is 11.2. The van der Waals surface area contributed by atoms with Gasteiger partial charge in [0.25, 0.3) is 0 Å². The Labute approximate surface area is 98.0 Å². The summed E-state index contributed by atoms with van der Waals surface area (Å²) in [7, 11) is 0. The van der Waals surface area contributed by atoms with Crippen LogP contribution in [0.5, 0.6) is 0 Å². The summed E-state index contributed by atoms with van der Waals surface area (Å²) in [4.78, 5) is 4.40. The zero-order valence-corrected chi connectivity index (χ0v) is 9.95. The Balaban J connectivity index is 3.04. The molecule has 1 heterocycles. The number of rotatable bonds is 0. The van der Waals surface area contributed by atoms with E-state index in [4.69, 9.17) is 28.9 Å². The van der Waals surface area contributed by atoms with Gasteiger partial charge in [0.1, 0.15) is 0 Å². The minimum absolute atomic E-state index is 0.573. The van der Waals surface area contributed by atoms with Crippen LogP contribution in [0.2, 0.25) is 10.0 Å². The average Bonchev–Trinajstić information content (AvgIpc) is 2.20. The largest absolute Gasteiger partial charge is 0.398 e. The molecule has 2 rings (SSSR count). The van der Waals surface area contributed by atoms with Crippen LogP contribution in [0.3, 0.4) is 0 Å². The number of halogens is 2. The number of pyridine rings is 1. The lowest BCUT2D eigenvalue weighted by Gasteiger charge is -2.10. The number of anilines is 1. The third kappa shape index (κ3) is 1.54. The Hall–Kier alpha value is -0.990. The van der Waals surface area contributed by atoms with Crippen LogP contribution in [0.25, 0.3) is 10.9 Å². The molecule has 0 aliphatic carbocycles. The quantitative estimate of drug-likeness (QED) is 0.762. The Morgan fingerprint density at radius 1 is 1.13 bits per heavy atom. The fourth-order valence-corrected chi connectivity index (χ4v) is 1.99. The number of nitrogens with two attached hydrogens (primary N) is 1. The van der Waals surface area contributed by atoms with Crippen molar-refractivity contribution in [2.45, 2.75) is 13.8 Å². The van der Waals surface area contributed by atoms with Gasteiger partial charge in [-0.2, -0.15) is 0 Å². The second-order valence-corrected chi connectivity index (χ2v) is 4.30. The predicted molar refractivity (Wildman–Crippen MR) is 65.6 cm³/mol. The summed E-state index contributed by atoms with van der Waals surface area (Å²) in [5.74, 6) is 0. The minimum Gasteiger partial charge on any atom is -0.398 e. The van der Waals surface area contributed by atoms with Gasteiger partial charge in [0.2, 0.25) is 0 Å². The van der Waals surface area contributed by atoms with Crippen molar-refractivity contribution in [3.8, 4) is 0 Å². The molecule has 15 heavy (non-hydrogen) atoms. The van der Waals surface area contributed by atoms with Crippen molar-refractivity contribution in [2.24, 2.45) is 0 Å². The van der Waals surface area contributed by atoms with Gasteiger partial charge >= 0.3 is 0 Å². The molecule has 0 bridgehead atoms. The highest BCUT2D eigenvalue weighted by Gasteiger charge is 2.11. The molecule has 2 nitrogen and oxygen atoms in total. The molecule has 0 unspecified atom stereocenters. The van der Waals surface area contributed by atoms with Gasteiger partial charge in [-0.1, -0.05) is 23.2 Å². The lowest BCUT2D eigenvalue weighted by Crippen LogP contribution is -1.98. The molecule has 78 valence electrons. The van der Waals surface area contributed by atoms with Gasteiger partial charge in [-0.25, -0.2) is 0 Å². The Bertz CT molecular complexity index is 550. The van der Waals surface area contributed by atoms with Crippen molar-refractivity contribution in [1.29, 1.82) is 0 Å². The molecule has 0 spiro atoms. The minimum atomic E-state index is 0.573. The monoisotopic (exact) mass is 240 g/mol. The smallest absolute Gasteiger partial charge is 0.0927 e. The maximum absolute atomic E-state index is 6.08. The van der Waals surface area contributed by atoms with E-state index in [-0.39, 0.29) is 0 Å². The first kappa shape index (κ1) is 10.5. The normalized spacial score (nSPS) is 10.9. The number of nitrogen functional groups attached to an aromatic ring is 1. The summed E-state index contributed by atoms with van der Waals surface area (Å²) < 4.78 is 0. The molecule has 0 fully saturated rings. The van der Waals surface area contributed by atoms with Crippen molar-refractivity contribution in [2.75, 3.05) is 5.73 Å². The Morgan fingerprint density at radius 2 is 1.73 bits per heavy atom. The van der Waals surface area contributed by atoms with Gasteiger partial charge in [0, 0.05) is 16.8 Å². The van der Waals surface area contributed by atoms with Crippen LogP contribution >= 0.6 is 23.2 Å². The van der Waals surface area contributed by atoms with Crippen molar-refractivity contribution < 1.29 is 0 Å². The first-order valence-electron chi connectivity index (χ1n) is 4.52. The van der Waals surface area contributed by atoms with E-state index in [9.17, 15) is 0 Å². The van der Waals surface area contributed by atoms with Crippen LogP contribution in [0.4, 0.5) is 5.69 Å². The van der Waals surface area contributed by atoms with E-state index in [0.29, 0.717) is 21.2 Å². The highest BCUT2D eigenvalue weighted by atomic mass is 35.5. The third-order valence-corrected chi connectivity index (χ3v) is 3.19. The number of fused-ring (bicyclic) bond motifs is 1. The highest BCUT2D eigenvalue weighted by molar-refractivity contribution is 6.40. The number of hydrogen-bond donors (Lipinski definition) is 1. The molecule has 0 aliphatic rings. The second kappa shape index (κ2) is 3.54. The Kier molecular flexibility index (Phi) is 2.49. The molecule has 1 aromatic carbocycles. The van der Waals surface area contributed by atoms with E-state index in [1.165, 1.54) is 0 Å². The number of benzene rings is 1. The van der Waals surface area contributed by atoms with Crippen molar-refractivity contribution >= 4 is 39.8 Å². The van der Waals surface area contributed by atoms with E-state index < -0.39 is 0 Å². The average molecular weight is 241 g/mol. The first-order chi connectivity index (χ1) is 7.02. The third-order valence-electron chi connectivity index (χ3n) is 2.57. The van der Waals surface area contributed by atoms with E-state index in [1.54, 1.807) is 12.1 Å². The molecule has 0 saturated heterocycles. The zero-order valence-electron chi connectivity index (χ0n) is 8.44. The van der Waals surface area contributed by atoms with Crippen LogP contribution in [0.15, 0.2) is 12.1 Å². The SMILES string of the molecule is Cc1nc2c(Cl)ccc(Cl)c2c(N)c1C. The van der Waals surface area contributed by atoms with E-state index in [2.05, 4.69) is 4.98 Å². The fourth-order valence-electron chi connectivity index (χ4n) is 1.54. The summed E-state index contributed by atoms with van der Waals surface area (Å²) in [6.07, 6.45) is 0. The lowest BCUT2D eigenvalue weighted by atomic mass is 10.1. The van der Waals surface area contributed by atoms with Gasteiger partial charge in [-0.3, -0.25) is 4.98 Å². The molecule has 0 aliphatic heterocycles. The van der Waals surface area contributed by atoms with E-state index >= 15 is 0 Å². The molecule has 0 amide bonds. The molecule has 4 heteroatoms. The highest BCUT2D eigenvalue weighted by Crippen LogP contribution is 2.34. The van der Waals surface area contributed by atoms with Crippen LogP contribution in [-0.2, 0) is 0 Å². The van der Waals surface area contributed by atoms with Gasteiger partial charge in [0.05, 0.1) is 15.6 Å².